The minimum atomic E-state index is -1.13. The van der Waals surface area contributed by atoms with E-state index in [1.807, 2.05) is 0 Å². The molecule has 7 heteroatoms. The Bertz CT molecular complexity index is 761. The van der Waals surface area contributed by atoms with E-state index < -0.39 is 11.9 Å². The number of aryl methyl sites for hydroxylation is 2. The number of rotatable bonds is 4. The summed E-state index contributed by atoms with van der Waals surface area (Å²) in [5.41, 5.74) is 1.86. The second kappa shape index (κ2) is 5.92. The summed E-state index contributed by atoms with van der Waals surface area (Å²) in [5.74, 6) is -1.61. The minimum Gasteiger partial charge on any atom is -0.478 e. The second-order valence-corrected chi connectivity index (χ2v) is 5.45. The van der Waals surface area contributed by atoms with Crippen LogP contribution in [0.25, 0.3) is 0 Å². The molecule has 110 valence electrons. The smallest absolute Gasteiger partial charge is 0.336 e. The van der Waals surface area contributed by atoms with E-state index in [1.165, 1.54) is 0 Å². The van der Waals surface area contributed by atoms with Crippen LogP contribution in [0.5, 0.6) is 0 Å². The predicted molar refractivity (Wildman–Crippen MR) is 79.0 cm³/mol. The number of hydrogen-bond acceptors (Lipinski definition) is 4. The zero-order valence-corrected chi connectivity index (χ0v) is 12.3. The number of hydrogen-bond donors (Lipinski definition) is 3. The van der Waals surface area contributed by atoms with Gasteiger partial charge in [-0.15, -0.1) is 0 Å². The number of H-pyrrole nitrogens is 1. The van der Waals surface area contributed by atoms with E-state index in [-0.39, 0.29) is 22.5 Å². The molecule has 21 heavy (non-hydrogen) atoms. The normalized spacial score (nSPS) is 10.4. The molecule has 0 aliphatic carbocycles. The van der Waals surface area contributed by atoms with E-state index >= 15 is 0 Å². The average molecular weight is 306 g/mol. The number of carbonyl (C=O) groups excluding carboxylic acids is 1. The third kappa shape index (κ3) is 3.19. The fourth-order valence-electron chi connectivity index (χ4n) is 2.04. The largest absolute Gasteiger partial charge is 0.478 e. The topological polar surface area (TPSA) is 99.3 Å². The van der Waals surface area contributed by atoms with Gasteiger partial charge in [-0.3, -0.25) is 9.59 Å². The molecule has 0 spiro atoms. The van der Waals surface area contributed by atoms with Gasteiger partial charge in [0.1, 0.15) is 0 Å². The Morgan fingerprint density at radius 3 is 2.38 bits per heavy atom. The van der Waals surface area contributed by atoms with Crippen LogP contribution in [0, 0.1) is 13.8 Å². The van der Waals surface area contributed by atoms with Crippen LogP contribution in [0.1, 0.15) is 37.5 Å². The molecular weight excluding hydrogens is 292 g/mol. The molecule has 0 unspecified atom stereocenters. The summed E-state index contributed by atoms with van der Waals surface area (Å²) in [5, 5.41) is 13.5. The van der Waals surface area contributed by atoms with Crippen molar-refractivity contribution < 1.29 is 14.7 Å². The Balaban J connectivity index is 2.28. The monoisotopic (exact) mass is 306 g/mol. The van der Waals surface area contributed by atoms with Crippen LogP contribution >= 0.6 is 11.3 Å². The van der Waals surface area contributed by atoms with Crippen molar-refractivity contribution in [2.45, 2.75) is 20.4 Å². The van der Waals surface area contributed by atoms with Crippen molar-refractivity contribution in [2.24, 2.45) is 0 Å². The molecule has 0 fully saturated rings. The third-order valence-corrected chi connectivity index (χ3v) is 3.79. The summed E-state index contributed by atoms with van der Waals surface area (Å²) in [6, 6.07) is 3.38. The van der Waals surface area contributed by atoms with Gasteiger partial charge in [-0.2, -0.15) is 0 Å². The van der Waals surface area contributed by atoms with Gasteiger partial charge < -0.3 is 15.4 Å². The molecule has 0 atom stereocenters. The summed E-state index contributed by atoms with van der Waals surface area (Å²) < 4.78 is 0. The Kier molecular flexibility index (Phi) is 4.23. The molecule has 0 aliphatic heterocycles. The first-order valence-corrected chi connectivity index (χ1v) is 7.06. The van der Waals surface area contributed by atoms with Crippen LogP contribution in [0.3, 0.4) is 0 Å². The summed E-state index contributed by atoms with van der Waals surface area (Å²) in [6.07, 6.45) is 0. The molecule has 3 N–H and O–H groups in total. The lowest BCUT2D eigenvalue weighted by atomic mass is 9.96. The lowest BCUT2D eigenvalue weighted by molar-refractivity contribution is 0.0690. The van der Waals surface area contributed by atoms with Crippen LogP contribution in [-0.2, 0) is 6.54 Å². The molecule has 1 aromatic carbocycles. The summed E-state index contributed by atoms with van der Waals surface area (Å²) in [7, 11) is 0. The number of carboxylic acids is 1. The molecule has 0 saturated carbocycles. The molecule has 0 bridgehead atoms. The van der Waals surface area contributed by atoms with Crippen LogP contribution in [0.2, 0.25) is 0 Å². The second-order valence-electron chi connectivity index (χ2n) is 4.61. The molecule has 0 saturated heterocycles. The molecule has 1 aromatic heterocycles. The van der Waals surface area contributed by atoms with Gasteiger partial charge in [0.25, 0.3) is 5.91 Å². The predicted octanol–water partition coefficient (Wildman–Crippen LogP) is 1.68. The molecule has 6 nitrogen and oxygen atoms in total. The van der Waals surface area contributed by atoms with Gasteiger partial charge >= 0.3 is 10.8 Å². The fourth-order valence-corrected chi connectivity index (χ4v) is 2.63. The highest BCUT2D eigenvalue weighted by atomic mass is 32.1. The van der Waals surface area contributed by atoms with Crippen molar-refractivity contribution in [3.8, 4) is 0 Å². The number of nitrogens with one attached hydrogen (secondary N) is 2. The van der Waals surface area contributed by atoms with E-state index in [2.05, 4.69) is 10.3 Å². The van der Waals surface area contributed by atoms with E-state index in [0.29, 0.717) is 16.8 Å². The van der Waals surface area contributed by atoms with Gasteiger partial charge in [-0.1, -0.05) is 23.5 Å². The van der Waals surface area contributed by atoms with Crippen LogP contribution < -0.4 is 10.2 Å². The van der Waals surface area contributed by atoms with E-state index in [9.17, 15) is 19.5 Å². The number of carbonyl (C=O) groups is 2. The maximum atomic E-state index is 12.3. The average Bonchev–Trinajstić information content (AvgIpc) is 2.83. The number of aromatic nitrogens is 1. The standard InChI is InChI=1S/C14H14N2O4S/c1-7-3-4-8(2)11(13(18)19)10(7)12(17)15-5-9-6-21-14(20)16-9/h3-4,6H,5H2,1-2H3,(H,15,17)(H,16,20)(H,18,19). The number of aromatic carboxylic acids is 1. The van der Waals surface area contributed by atoms with Crippen molar-refractivity contribution in [3.05, 3.63) is 55.1 Å². The first kappa shape index (κ1) is 15.0. The van der Waals surface area contributed by atoms with Gasteiger partial charge in [0.05, 0.1) is 17.7 Å². The van der Waals surface area contributed by atoms with E-state index in [4.69, 9.17) is 0 Å². The summed E-state index contributed by atoms with van der Waals surface area (Å²) >= 11 is 1.01. The van der Waals surface area contributed by atoms with Crippen molar-refractivity contribution in [1.29, 1.82) is 0 Å². The number of benzene rings is 1. The lowest BCUT2D eigenvalue weighted by Gasteiger charge is -2.12. The molecule has 0 aliphatic rings. The Hall–Kier alpha value is -2.41. The highest BCUT2D eigenvalue weighted by Crippen LogP contribution is 2.19. The SMILES string of the molecule is Cc1ccc(C)c(C(=O)NCc2csc(=O)[nH]2)c1C(=O)O. The van der Waals surface area contributed by atoms with Crippen LogP contribution in [0.4, 0.5) is 0 Å². The van der Waals surface area contributed by atoms with Gasteiger partial charge in [-0.05, 0) is 25.0 Å². The molecule has 1 heterocycles. The maximum Gasteiger partial charge on any atom is 0.336 e. The Morgan fingerprint density at radius 1 is 1.24 bits per heavy atom. The molecule has 2 aromatic rings. The lowest BCUT2D eigenvalue weighted by Crippen LogP contribution is -2.26. The highest BCUT2D eigenvalue weighted by molar-refractivity contribution is 7.07. The number of aromatic amines is 1. The van der Waals surface area contributed by atoms with Gasteiger partial charge in [0, 0.05) is 11.1 Å². The van der Waals surface area contributed by atoms with Crippen LogP contribution in [-0.4, -0.2) is 22.0 Å². The Morgan fingerprint density at radius 2 is 1.86 bits per heavy atom. The summed E-state index contributed by atoms with van der Waals surface area (Å²) in [4.78, 5) is 37.0. The fraction of sp³-hybridized carbons (Fsp3) is 0.214. The first-order valence-electron chi connectivity index (χ1n) is 6.18. The highest BCUT2D eigenvalue weighted by Gasteiger charge is 2.21. The molecule has 0 radical (unpaired) electrons. The van der Waals surface area contributed by atoms with Crippen molar-refractivity contribution >= 4 is 23.2 Å². The molecular formula is C14H14N2O4S. The van der Waals surface area contributed by atoms with Gasteiger partial charge in [0.2, 0.25) is 0 Å². The van der Waals surface area contributed by atoms with Crippen molar-refractivity contribution in [2.75, 3.05) is 0 Å². The quantitative estimate of drug-likeness (QED) is 0.800. The van der Waals surface area contributed by atoms with E-state index in [0.717, 1.165) is 11.3 Å². The minimum absolute atomic E-state index is 0.00584. The number of amides is 1. The van der Waals surface area contributed by atoms with Crippen molar-refractivity contribution in [1.82, 2.24) is 10.3 Å². The van der Waals surface area contributed by atoms with Gasteiger partial charge in [0.15, 0.2) is 0 Å². The zero-order chi connectivity index (χ0) is 15.6. The first-order chi connectivity index (χ1) is 9.90. The Labute approximate surface area is 124 Å². The number of carboxylic acid groups (broad SMARTS) is 1. The van der Waals surface area contributed by atoms with Gasteiger partial charge in [-0.25, -0.2) is 4.79 Å². The third-order valence-electron chi connectivity index (χ3n) is 3.07. The maximum absolute atomic E-state index is 12.3. The summed E-state index contributed by atoms with van der Waals surface area (Å²) in [6.45, 7) is 3.48. The van der Waals surface area contributed by atoms with Crippen LogP contribution in [0.15, 0.2) is 22.3 Å². The molecule has 2 rings (SSSR count). The van der Waals surface area contributed by atoms with E-state index in [1.54, 1.807) is 31.4 Å². The zero-order valence-electron chi connectivity index (χ0n) is 11.5. The van der Waals surface area contributed by atoms with Crippen molar-refractivity contribution in [3.63, 3.8) is 0 Å². The number of thiazole rings is 1. The molecule has 1 amide bonds.